The van der Waals surface area contributed by atoms with Crippen LogP contribution in [0.15, 0.2) is 0 Å². The molecule has 0 bridgehead atoms. The first-order chi connectivity index (χ1) is 18.1. The molecule has 0 aromatic carbocycles. The van der Waals surface area contributed by atoms with Gasteiger partial charge in [-0.1, -0.05) is 0 Å². The smallest absolute Gasteiger partial charge is 0.317 e. The van der Waals surface area contributed by atoms with Gasteiger partial charge < -0.3 is 18.9 Å². The average molecular weight is 530 g/mol. The first-order valence-electron chi connectivity index (χ1n) is 13.1. The van der Waals surface area contributed by atoms with E-state index in [2.05, 4.69) is 9.47 Å². The van der Waals surface area contributed by atoms with Crippen molar-refractivity contribution >= 4 is 47.8 Å². The number of ether oxygens (including phenoxy) is 4. The Morgan fingerprint density at radius 2 is 0.553 bits per heavy atom. The number of cyclic esters (lactones) is 8. The van der Waals surface area contributed by atoms with Crippen LogP contribution in [-0.4, -0.2) is 47.8 Å². The van der Waals surface area contributed by atoms with Crippen LogP contribution in [0.5, 0.6) is 0 Å². The molecule has 7 fully saturated rings. The summed E-state index contributed by atoms with van der Waals surface area (Å²) in [6.45, 7) is 0. The van der Waals surface area contributed by atoms with Gasteiger partial charge in [-0.25, -0.2) is 0 Å². The van der Waals surface area contributed by atoms with Gasteiger partial charge in [0.2, 0.25) is 0 Å². The van der Waals surface area contributed by atoms with Crippen molar-refractivity contribution in [3.63, 3.8) is 0 Å². The third kappa shape index (κ3) is 3.95. The molecule has 7 rings (SSSR count). The van der Waals surface area contributed by atoms with E-state index in [0.717, 1.165) is 12.8 Å². The molecule has 3 saturated carbocycles. The minimum atomic E-state index is -0.583. The Morgan fingerprint density at radius 1 is 0.316 bits per heavy atom. The van der Waals surface area contributed by atoms with Gasteiger partial charge in [-0.05, 0) is 63.2 Å². The second-order valence-corrected chi connectivity index (χ2v) is 11.4. The second-order valence-electron chi connectivity index (χ2n) is 11.4. The summed E-state index contributed by atoms with van der Waals surface area (Å²) in [7, 11) is 0. The number of rotatable bonds is 1. The molecule has 7 aliphatic rings. The van der Waals surface area contributed by atoms with Gasteiger partial charge in [-0.15, -0.1) is 0 Å². The normalized spacial score (nSPS) is 43.2. The Balaban J connectivity index is 0.000000146. The van der Waals surface area contributed by atoms with Gasteiger partial charge in [0.25, 0.3) is 0 Å². The SMILES string of the molecule is O=C1OC(=O)C2CC(C3CCC4C(=O)OC(=O)C4C3)CCC12.O=C1OC(=O)C2CC3C(=O)OC(=O)C3CC12. The fourth-order valence-electron chi connectivity index (χ4n) is 7.60. The molecule has 0 aromatic heterocycles. The zero-order valence-electron chi connectivity index (χ0n) is 20.3. The van der Waals surface area contributed by atoms with E-state index in [1.165, 1.54) is 0 Å². The van der Waals surface area contributed by atoms with Crippen LogP contribution in [0.1, 0.15) is 51.4 Å². The van der Waals surface area contributed by atoms with Crippen LogP contribution >= 0.6 is 0 Å². The summed E-state index contributed by atoms with van der Waals surface area (Å²) in [4.78, 5) is 92.0. The zero-order chi connectivity index (χ0) is 26.9. The Morgan fingerprint density at radius 3 is 0.842 bits per heavy atom. The van der Waals surface area contributed by atoms with Crippen LogP contribution in [0.25, 0.3) is 0 Å². The molecule has 0 N–H and O–H groups in total. The molecule has 10 unspecified atom stereocenters. The summed E-state index contributed by atoms with van der Waals surface area (Å²) < 4.78 is 18.5. The maximum atomic E-state index is 11.8. The van der Waals surface area contributed by atoms with Gasteiger partial charge >= 0.3 is 47.8 Å². The van der Waals surface area contributed by atoms with Gasteiger partial charge in [-0.2, -0.15) is 0 Å². The first-order valence-corrected chi connectivity index (χ1v) is 13.1. The fourth-order valence-corrected chi connectivity index (χ4v) is 7.60. The summed E-state index contributed by atoms with van der Waals surface area (Å²) in [6, 6.07) is 0. The molecule has 4 saturated heterocycles. The van der Waals surface area contributed by atoms with E-state index in [-0.39, 0.29) is 60.4 Å². The van der Waals surface area contributed by atoms with Crippen LogP contribution in [0.4, 0.5) is 0 Å². The molecule has 38 heavy (non-hydrogen) atoms. The maximum absolute atomic E-state index is 11.8. The van der Waals surface area contributed by atoms with Crippen LogP contribution in [0.3, 0.4) is 0 Å². The molecule has 12 heteroatoms. The second kappa shape index (κ2) is 9.09. The van der Waals surface area contributed by atoms with Crippen LogP contribution in [0, 0.1) is 59.2 Å². The third-order valence-electron chi connectivity index (χ3n) is 9.66. The molecule has 4 heterocycles. The minimum absolute atomic E-state index is 0.185. The van der Waals surface area contributed by atoms with Crippen LogP contribution in [0.2, 0.25) is 0 Å². The predicted octanol–water partition coefficient (Wildman–Crippen LogP) is 0.630. The van der Waals surface area contributed by atoms with Gasteiger partial charge in [0.15, 0.2) is 0 Å². The monoisotopic (exact) mass is 530 g/mol. The number of carbonyl (C=O) groups is 8. The first kappa shape index (κ1) is 24.9. The van der Waals surface area contributed by atoms with Crippen molar-refractivity contribution in [3.8, 4) is 0 Å². The van der Waals surface area contributed by atoms with Gasteiger partial charge in [0, 0.05) is 0 Å². The number of esters is 8. The Kier molecular flexibility index (Phi) is 5.95. The maximum Gasteiger partial charge on any atom is 0.317 e. The number of hydrogen-bond donors (Lipinski definition) is 0. The number of hydrogen-bond acceptors (Lipinski definition) is 12. The highest BCUT2D eigenvalue weighted by molar-refractivity contribution is 6.01. The van der Waals surface area contributed by atoms with Crippen LogP contribution < -0.4 is 0 Å². The topological polar surface area (TPSA) is 173 Å². The predicted molar refractivity (Wildman–Crippen MR) is 116 cm³/mol. The van der Waals surface area contributed by atoms with Crippen molar-refractivity contribution in [3.05, 3.63) is 0 Å². The van der Waals surface area contributed by atoms with E-state index < -0.39 is 47.5 Å². The van der Waals surface area contributed by atoms with E-state index in [4.69, 9.17) is 9.47 Å². The molecule has 0 spiro atoms. The lowest BCUT2D eigenvalue weighted by molar-refractivity contribution is -0.156. The average Bonchev–Trinajstić information content (AvgIpc) is 3.55. The summed E-state index contributed by atoms with van der Waals surface area (Å²) in [5, 5.41) is 0. The lowest BCUT2D eigenvalue weighted by atomic mass is 9.64. The summed E-state index contributed by atoms with van der Waals surface area (Å²) in [5.74, 6) is -6.65. The molecule has 10 atom stereocenters. The third-order valence-corrected chi connectivity index (χ3v) is 9.66. The quantitative estimate of drug-likeness (QED) is 0.263. The molecule has 12 nitrogen and oxygen atoms in total. The highest BCUT2D eigenvalue weighted by Crippen LogP contribution is 2.49. The van der Waals surface area contributed by atoms with Crippen molar-refractivity contribution in [1.29, 1.82) is 0 Å². The lowest BCUT2D eigenvalue weighted by Gasteiger charge is -2.37. The van der Waals surface area contributed by atoms with Gasteiger partial charge in [0.1, 0.15) is 0 Å². The Hall–Kier alpha value is -3.44. The fraction of sp³-hybridized carbons (Fsp3) is 0.692. The molecule has 4 aliphatic heterocycles. The van der Waals surface area contributed by atoms with Crippen LogP contribution in [-0.2, 0) is 57.3 Å². The highest BCUT2D eigenvalue weighted by Gasteiger charge is 2.58. The van der Waals surface area contributed by atoms with Crippen molar-refractivity contribution in [2.24, 2.45) is 59.2 Å². The summed E-state index contributed by atoms with van der Waals surface area (Å²) in [5.41, 5.74) is 0. The van der Waals surface area contributed by atoms with Crippen molar-refractivity contribution in [2.75, 3.05) is 0 Å². The van der Waals surface area contributed by atoms with Gasteiger partial charge in [0.05, 0.1) is 47.3 Å². The molecular formula is C26H26O12. The number of fused-ring (bicyclic) bond motifs is 4. The molecule has 0 amide bonds. The van der Waals surface area contributed by atoms with E-state index >= 15 is 0 Å². The van der Waals surface area contributed by atoms with Crippen molar-refractivity contribution in [2.45, 2.75) is 51.4 Å². The Labute approximate surface area is 216 Å². The summed E-state index contributed by atoms with van der Waals surface area (Å²) >= 11 is 0. The molecule has 202 valence electrons. The van der Waals surface area contributed by atoms with Crippen molar-refractivity contribution in [1.82, 2.24) is 0 Å². The standard InChI is InChI=1S/C16H18O6.C10H8O6/c17-13-9-3-1-7(5-11(9)15(19)21-13)8-2-4-10-12(6-8)16(20)22-14(10)18;11-7-3-1-4-6(10(14)16-8(4)12)2-5(3)9(13)15-7/h7-12H,1-6H2;3-6H,1-2H2. The van der Waals surface area contributed by atoms with Gasteiger partial charge in [-0.3, -0.25) is 38.4 Å². The molecule has 3 aliphatic carbocycles. The van der Waals surface area contributed by atoms with E-state index in [1.54, 1.807) is 0 Å². The zero-order valence-corrected chi connectivity index (χ0v) is 20.3. The van der Waals surface area contributed by atoms with Crippen molar-refractivity contribution < 1.29 is 57.3 Å². The van der Waals surface area contributed by atoms with E-state index in [0.29, 0.717) is 37.5 Å². The minimum Gasteiger partial charge on any atom is -0.393 e. The van der Waals surface area contributed by atoms with E-state index in [9.17, 15) is 38.4 Å². The molecule has 0 radical (unpaired) electrons. The molecule has 0 aromatic rings. The number of carbonyl (C=O) groups excluding carboxylic acids is 8. The lowest BCUT2D eigenvalue weighted by Crippen LogP contribution is -2.35. The largest absolute Gasteiger partial charge is 0.393 e. The van der Waals surface area contributed by atoms with E-state index in [1.807, 2.05) is 0 Å². The molecular weight excluding hydrogens is 504 g/mol. The Bertz CT molecular complexity index is 1040. The highest BCUT2D eigenvalue weighted by atomic mass is 16.6. The summed E-state index contributed by atoms with van der Waals surface area (Å²) in [6.07, 6.45) is 4.85.